The Morgan fingerprint density at radius 1 is 1.41 bits per heavy atom. The number of rotatable bonds is 4. The Balaban J connectivity index is 2.46. The van der Waals surface area contributed by atoms with Gasteiger partial charge in [0.05, 0.1) is 5.56 Å². The highest BCUT2D eigenvalue weighted by Crippen LogP contribution is 2.26. The minimum absolute atomic E-state index is 0.238. The molecule has 1 aromatic carbocycles. The number of carboxylic acids is 1. The highest BCUT2D eigenvalue weighted by atomic mass is 16.4. The molecular formula is C13H15NO3. The monoisotopic (exact) mass is 233 g/mol. The van der Waals surface area contributed by atoms with Gasteiger partial charge in [-0.05, 0) is 31.0 Å². The molecule has 0 fully saturated rings. The summed E-state index contributed by atoms with van der Waals surface area (Å²) in [5.74, 6) is 0.0576. The summed E-state index contributed by atoms with van der Waals surface area (Å²) in [6.45, 7) is 4.18. The van der Waals surface area contributed by atoms with Crippen LogP contribution in [0.5, 0.6) is 0 Å². The zero-order chi connectivity index (χ0) is 12.4. The largest absolute Gasteiger partial charge is 0.478 e. The molecule has 2 rings (SSSR count). The van der Waals surface area contributed by atoms with E-state index in [0.29, 0.717) is 22.9 Å². The molecule has 0 aliphatic heterocycles. The highest BCUT2D eigenvalue weighted by molar-refractivity contribution is 5.91. The zero-order valence-electron chi connectivity index (χ0n) is 9.93. The topological polar surface area (TPSA) is 63.3 Å². The Hall–Kier alpha value is -1.84. The summed E-state index contributed by atoms with van der Waals surface area (Å²) < 4.78 is 5.64. The van der Waals surface area contributed by atoms with Crippen molar-refractivity contribution < 1.29 is 14.3 Å². The molecule has 0 radical (unpaired) electrons. The summed E-state index contributed by atoms with van der Waals surface area (Å²) in [6.07, 6.45) is 1.93. The van der Waals surface area contributed by atoms with E-state index in [-0.39, 0.29) is 5.56 Å². The molecule has 0 aliphatic rings. The molecule has 90 valence electrons. The first-order valence-corrected chi connectivity index (χ1v) is 5.79. The van der Waals surface area contributed by atoms with Crippen LogP contribution in [0.2, 0.25) is 0 Å². The maximum Gasteiger partial charge on any atom is 0.335 e. The molecule has 4 nitrogen and oxygen atoms in total. The van der Waals surface area contributed by atoms with Crippen LogP contribution in [0, 0.1) is 0 Å². The average Bonchev–Trinajstić information content (AvgIpc) is 2.72. The molecule has 0 bridgehead atoms. The molecule has 0 atom stereocenters. The molecule has 0 saturated carbocycles. The predicted molar refractivity (Wildman–Crippen MR) is 64.3 cm³/mol. The summed E-state index contributed by atoms with van der Waals surface area (Å²) >= 11 is 0. The Morgan fingerprint density at radius 2 is 2.12 bits per heavy atom. The Morgan fingerprint density at radius 3 is 2.71 bits per heavy atom. The predicted octanol–water partition coefficient (Wildman–Crippen LogP) is 3.43. The number of aromatic nitrogens is 1. The minimum atomic E-state index is -0.945. The van der Waals surface area contributed by atoms with E-state index in [1.54, 1.807) is 12.1 Å². The second-order valence-electron chi connectivity index (χ2n) is 4.05. The van der Waals surface area contributed by atoms with Crippen LogP contribution >= 0.6 is 0 Å². The van der Waals surface area contributed by atoms with E-state index in [0.717, 1.165) is 12.8 Å². The normalized spacial score (nSPS) is 11.2. The van der Waals surface area contributed by atoms with Gasteiger partial charge in [-0.3, -0.25) is 0 Å². The first kappa shape index (κ1) is 11.6. The molecule has 0 unspecified atom stereocenters. The van der Waals surface area contributed by atoms with Crippen molar-refractivity contribution in [2.24, 2.45) is 0 Å². The van der Waals surface area contributed by atoms with Crippen molar-refractivity contribution in [2.45, 2.75) is 32.6 Å². The number of carbonyl (C=O) groups is 1. The summed E-state index contributed by atoms with van der Waals surface area (Å²) in [4.78, 5) is 15.2. The van der Waals surface area contributed by atoms with Gasteiger partial charge in [-0.15, -0.1) is 0 Å². The van der Waals surface area contributed by atoms with Crippen molar-refractivity contribution in [3.8, 4) is 0 Å². The third-order valence-corrected chi connectivity index (χ3v) is 2.99. The molecule has 0 aliphatic carbocycles. The molecule has 1 aromatic heterocycles. The molecule has 2 aromatic rings. The van der Waals surface area contributed by atoms with Crippen molar-refractivity contribution in [2.75, 3.05) is 0 Å². The molecular weight excluding hydrogens is 218 g/mol. The van der Waals surface area contributed by atoms with E-state index in [2.05, 4.69) is 18.8 Å². The van der Waals surface area contributed by atoms with Crippen LogP contribution in [-0.4, -0.2) is 16.1 Å². The molecule has 0 saturated heterocycles. The number of carboxylic acid groups (broad SMARTS) is 1. The maximum atomic E-state index is 10.8. The van der Waals surface area contributed by atoms with E-state index in [1.165, 1.54) is 6.07 Å². The lowest BCUT2D eigenvalue weighted by Gasteiger charge is -2.05. The minimum Gasteiger partial charge on any atom is -0.478 e. The molecule has 1 N–H and O–H groups in total. The van der Waals surface area contributed by atoms with E-state index in [9.17, 15) is 4.79 Å². The number of benzene rings is 1. The fourth-order valence-electron chi connectivity index (χ4n) is 1.89. The number of fused-ring (bicyclic) bond motifs is 1. The van der Waals surface area contributed by atoms with Gasteiger partial charge in [0.1, 0.15) is 5.52 Å². The standard InChI is InChI=1S/C13H15NO3/c1-3-8(4-2)12-14-10-7-9(13(15)16)5-6-11(10)17-12/h5-8H,3-4H2,1-2H3,(H,15,16). The van der Waals surface area contributed by atoms with Crippen LogP contribution in [0.15, 0.2) is 22.6 Å². The molecule has 17 heavy (non-hydrogen) atoms. The van der Waals surface area contributed by atoms with Gasteiger partial charge in [0.2, 0.25) is 0 Å². The van der Waals surface area contributed by atoms with Gasteiger partial charge >= 0.3 is 5.97 Å². The SMILES string of the molecule is CCC(CC)c1nc2cc(C(=O)O)ccc2o1. The Bertz CT molecular complexity index is 541. The van der Waals surface area contributed by atoms with Crippen molar-refractivity contribution in [1.29, 1.82) is 0 Å². The zero-order valence-corrected chi connectivity index (χ0v) is 9.93. The van der Waals surface area contributed by atoms with Crippen LogP contribution in [0.4, 0.5) is 0 Å². The van der Waals surface area contributed by atoms with Crippen LogP contribution in [0.1, 0.15) is 48.9 Å². The molecule has 0 spiro atoms. The van der Waals surface area contributed by atoms with Gasteiger partial charge in [-0.2, -0.15) is 0 Å². The third kappa shape index (κ3) is 2.16. The lowest BCUT2D eigenvalue weighted by molar-refractivity contribution is 0.0697. The lowest BCUT2D eigenvalue weighted by Crippen LogP contribution is -1.95. The second-order valence-corrected chi connectivity index (χ2v) is 4.05. The summed E-state index contributed by atoms with van der Waals surface area (Å²) in [5, 5.41) is 8.89. The van der Waals surface area contributed by atoms with Crippen LogP contribution in [0.25, 0.3) is 11.1 Å². The van der Waals surface area contributed by atoms with Crippen molar-refractivity contribution in [3.05, 3.63) is 29.7 Å². The third-order valence-electron chi connectivity index (χ3n) is 2.99. The molecule has 4 heteroatoms. The van der Waals surface area contributed by atoms with E-state index < -0.39 is 5.97 Å². The maximum absolute atomic E-state index is 10.8. The van der Waals surface area contributed by atoms with E-state index in [1.807, 2.05) is 0 Å². The Labute approximate surface area is 99.3 Å². The lowest BCUT2D eigenvalue weighted by atomic mass is 10.0. The fourth-order valence-corrected chi connectivity index (χ4v) is 1.89. The quantitative estimate of drug-likeness (QED) is 0.878. The van der Waals surface area contributed by atoms with Gasteiger partial charge in [0, 0.05) is 5.92 Å². The van der Waals surface area contributed by atoms with Crippen molar-refractivity contribution >= 4 is 17.1 Å². The first-order chi connectivity index (χ1) is 8.15. The number of nitrogens with zero attached hydrogens (tertiary/aromatic N) is 1. The van der Waals surface area contributed by atoms with Gasteiger partial charge in [0.25, 0.3) is 0 Å². The summed E-state index contributed by atoms with van der Waals surface area (Å²) in [5.41, 5.74) is 1.51. The highest BCUT2D eigenvalue weighted by Gasteiger charge is 2.15. The number of oxazole rings is 1. The average molecular weight is 233 g/mol. The van der Waals surface area contributed by atoms with E-state index in [4.69, 9.17) is 9.52 Å². The number of hydrogen-bond acceptors (Lipinski definition) is 3. The fraction of sp³-hybridized carbons (Fsp3) is 0.385. The Kier molecular flexibility index (Phi) is 3.13. The second kappa shape index (κ2) is 4.57. The van der Waals surface area contributed by atoms with Gasteiger partial charge < -0.3 is 9.52 Å². The van der Waals surface area contributed by atoms with Crippen LogP contribution in [-0.2, 0) is 0 Å². The van der Waals surface area contributed by atoms with Crippen molar-refractivity contribution in [1.82, 2.24) is 4.98 Å². The number of hydrogen-bond donors (Lipinski definition) is 1. The van der Waals surface area contributed by atoms with Crippen LogP contribution < -0.4 is 0 Å². The van der Waals surface area contributed by atoms with Crippen molar-refractivity contribution in [3.63, 3.8) is 0 Å². The summed E-state index contributed by atoms with van der Waals surface area (Å²) in [6, 6.07) is 4.75. The smallest absolute Gasteiger partial charge is 0.335 e. The molecule has 1 heterocycles. The van der Waals surface area contributed by atoms with Gasteiger partial charge in [-0.25, -0.2) is 9.78 Å². The molecule has 0 amide bonds. The van der Waals surface area contributed by atoms with E-state index >= 15 is 0 Å². The summed E-state index contributed by atoms with van der Waals surface area (Å²) in [7, 11) is 0. The van der Waals surface area contributed by atoms with Gasteiger partial charge in [0.15, 0.2) is 11.5 Å². The first-order valence-electron chi connectivity index (χ1n) is 5.79. The van der Waals surface area contributed by atoms with Crippen LogP contribution in [0.3, 0.4) is 0 Å². The number of aromatic carboxylic acids is 1. The van der Waals surface area contributed by atoms with Gasteiger partial charge in [-0.1, -0.05) is 13.8 Å².